The van der Waals surface area contributed by atoms with Crippen molar-refractivity contribution in [3.63, 3.8) is 0 Å². The minimum absolute atomic E-state index is 0.0137. The van der Waals surface area contributed by atoms with Gasteiger partial charge in [0.2, 0.25) is 15.9 Å². The molecule has 8 nitrogen and oxygen atoms in total. The molecule has 0 unspecified atom stereocenters. The third-order valence-corrected chi connectivity index (χ3v) is 4.04. The minimum Gasteiger partial charge on any atom is -0.383 e. The number of carbonyl (C=O) groups is 1. The highest BCUT2D eigenvalue weighted by Crippen LogP contribution is 2.07. The highest BCUT2D eigenvalue weighted by atomic mass is 32.2. The summed E-state index contributed by atoms with van der Waals surface area (Å²) >= 11 is 0. The fourth-order valence-electron chi connectivity index (χ4n) is 1.45. The molecule has 1 aromatic rings. The van der Waals surface area contributed by atoms with E-state index in [1.807, 2.05) is 0 Å². The molecule has 0 bridgehead atoms. The fourth-order valence-corrected chi connectivity index (χ4v) is 2.43. The second-order valence-corrected chi connectivity index (χ2v) is 5.95. The van der Waals surface area contributed by atoms with E-state index in [1.165, 1.54) is 19.4 Å². The first-order valence-corrected chi connectivity index (χ1v) is 7.88. The Hall–Kier alpha value is -1.55. The van der Waals surface area contributed by atoms with Gasteiger partial charge in [0.05, 0.1) is 12.3 Å². The molecule has 4 N–H and O–H groups in total. The van der Waals surface area contributed by atoms with Crippen LogP contribution < -0.4 is 15.8 Å². The normalized spacial score (nSPS) is 11.3. The van der Waals surface area contributed by atoms with Crippen molar-refractivity contribution in [1.82, 2.24) is 15.0 Å². The molecule has 118 valence electrons. The van der Waals surface area contributed by atoms with Crippen LogP contribution in [0.2, 0.25) is 0 Å². The molecule has 0 saturated heterocycles. The van der Waals surface area contributed by atoms with Crippen molar-refractivity contribution in [2.45, 2.75) is 17.9 Å². The topological polar surface area (TPSA) is 123 Å². The first-order chi connectivity index (χ1) is 9.99. The largest absolute Gasteiger partial charge is 0.383 e. The monoisotopic (exact) mass is 316 g/mol. The summed E-state index contributed by atoms with van der Waals surface area (Å²) in [6.07, 6.45) is 1.29. The van der Waals surface area contributed by atoms with Gasteiger partial charge < -0.3 is 15.8 Å². The standard InChI is InChI=1S/C12H20N4O4S/c1-20-7-6-14-12(17)4-5-16-21(18,19)11-3-2-10(8-13)15-9-11/h2-3,9,16H,4-8,13H2,1H3,(H,14,17). The Kier molecular flexibility index (Phi) is 7.23. The highest BCUT2D eigenvalue weighted by Gasteiger charge is 2.14. The zero-order chi connectivity index (χ0) is 15.7. The molecule has 0 spiro atoms. The zero-order valence-electron chi connectivity index (χ0n) is 11.8. The maximum absolute atomic E-state index is 11.9. The third-order valence-electron chi connectivity index (χ3n) is 2.59. The van der Waals surface area contributed by atoms with Gasteiger partial charge in [-0.2, -0.15) is 0 Å². The summed E-state index contributed by atoms with van der Waals surface area (Å²) in [6, 6.07) is 2.97. The number of amides is 1. The summed E-state index contributed by atoms with van der Waals surface area (Å²) in [6.45, 7) is 1.07. The zero-order valence-corrected chi connectivity index (χ0v) is 12.6. The van der Waals surface area contributed by atoms with Crippen molar-refractivity contribution >= 4 is 15.9 Å². The maximum Gasteiger partial charge on any atom is 0.242 e. The van der Waals surface area contributed by atoms with Gasteiger partial charge in [-0.15, -0.1) is 0 Å². The number of pyridine rings is 1. The van der Waals surface area contributed by atoms with Crippen LogP contribution in [-0.4, -0.2) is 46.1 Å². The molecule has 0 aliphatic rings. The molecule has 1 aromatic heterocycles. The number of nitrogens with two attached hydrogens (primary N) is 1. The first kappa shape index (κ1) is 17.5. The number of hydrogen-bond donors (Lipinski definition) is 3. The van der Waals surface area contributed by atoms with Gasteiger partial charge in [-0.1, -0.05) is 0 Å². The van der Waals surface area contributed by atoms with Crippen LogP contribution in [0, 0.1) is 0 Å². The van der Waals surface area contributed by atoms with Gasteiger partial charge in [0.1, 0.15) is 4.90 Å². The highest BCUT2D eigenvalue weighted by molar-refractivity contribution is 7.89. The number of sulfonamides is 1. The van der Waals surface area contributed by atoms with E-state index >= 15 is 0 Å². The molecular formula is C12H20N4O4S. The number of ether oxygens (including phenoxy) is 1. The van der Waals surface area contributed by atoms with Gasteiger partial charge in [-0.25, -0.2) is 13.1 Å². The lowest BCUT2D eigenvalue weighted by Crippen LogP contribution is -2.32. The molecule has 9 heteroatoms. The Balaban J connectivity index is 2.43. The second-order valence-electron chi connectivity index (χ2n) is 4.18. The lowest BCUT2D eigenvalue weighted by atomic mass is 10.4. The van der Waals surface area contributed by atoms with Crippen LogP contribution in [0.1, 0.15) is 12.1 Å². The predicted molar refractivity (Wildman–Crippen MR) is 76.8 cm³/mol. The SMILES string of the molecule is COCCNC(=O)CCNS(=O)(=O)c1ccc(CN)nc1. The second kappa shape index (κ2) is 8.67. The summed E-state index contributed by atoms with van der Waals surface area (Å²) in [5.41, 5.74) is 5.99. The number of rotatable bonds is 9. The van der Waals surface area contributed by atoms with Crippen molar-refractivity contribution in [1.29, 1.82) is 0 Å². The lowest BCUT2D eigenvalue weighted by Gasteiger charge is -2.07. The number of methoxy groups -OCH3 is 1. The van der Waals surface area contributed by atoms with E-state index in [-0.39, 0.29) is 30.3 Å². The van der Waals surface area contributed by atoms with Gasteiger partial charge in [0, 0.05) is 39.4 Å². The average Bonchev–Trinajstić information content (AvgIpc) is 2.47. The third kappa shape index (κ3) is 6.17. The Labute approximate surface area is 124 Å². The van der Waals surface area contributed by atoms with E-state index in [0.29, 0.717) is 18.8 Å². The van der Waals surface area contributed by atoms with Gasteiger partial charge >= 0.3 is 0 Å². The van der Waals surface area contributed by atoms with Gasteiger partial charge in [0.25, 0.3) is 0 Å². The van der Waals surface area contributed by atoms with Crippen molar-refractivity contribution in [3.05, 3.63) is 24.0 Å². The fraction of sp³-hybridized carbons (Fsp3) is 0.500. The Morgan fingerprint density at radius 3 is 2.71 bits per heavy atom. The Morgan fingerprint density at radius 2 is 2.14 bits per heavy atom. The van der Waals surface area contributed by atoms with Crippen LogP contribution in [0.4, 0.5) is 0 Å². The quantitative estimate of drug-likeness (QED) is 0.501. The molecular weight excluding hydrogens is 296 g/mol. The smallest absolute Gasteiger partial charge is 0.242 e. The number of hydrogen-bond acceptors (Lipinski definition) is 6. The molecule has 21 heavy (non-hydrogen) atoms. The summed E-state index contributed by atoms with van der Waals surface area (Å²) in [5, 5.41) is 2.60. The first-order valence-electron chi connectivity index (χ1n) is 6.40. The van der Waals surface area contributed by atoms with E-state index < -0.39 is 10.0 Å². The van der Waals surface area contributed by atoms with E-state index in [0.717, 1.165) is 0 Å². The number of aromatic nitrogens is 1. The van der Waals surface area contributed by atoms with E-state index in [2.05, 4.69) is 15.0 Å². The van der Waals surface area contributed by atoms with Crippen molar-refractivity contribution in [2.24, 2.45) is 5.73 Å². The van der Waals surface area contributed by atoms with Crippen LogP contribution in [-0.2, 0) is 26.1 Å². The van der Waals surface area contributed by atoms with Gasteiger partial charge in [-0.05, 0) is 12.1 Å². The summed E-state index contributed by atoms with van der Waals surface area (Å²) in [5.74, 6) is -0.244. The van der Waals surface area contributed by atoms with Crippen molar-refractivity contribution in [2.75, 3.05) is 26.8 Å². The van der Waals surface area contributed by atoms with Crippen LogP contribution >= 0.6 is 0 Å². The molecule has 0 aromatic carbocycles. The molecule has 0 aliphatic carbocycles. The number of nitrogens with zero attached hydrogens (tertiary/aromatic N) is 1. The molecule has 1 rings (SSSR count). The summed E-state index contributed by atoms with van der Waals surface area (Å²) < 4.78 is 31.0. The molecule has 0 radical (unpaired) electrons. The predicted octanol–water partition coefficient (Wildman–Crippen LogP) is -1.03. The summed E-state index contributed by atoms with van der Waals surface area (Å²) in [4.78, 5) is 15.4. The Bertz CT molecular complexity index is 545. The van der Waals surface area contributed by atoms with Crippen LogP contribution in [0.5, 0.6) is 0 Å². The number of nitrogens with one attached hydrogen (secondary N) is 2. The maximum atomic E-state index is 11.9. The van der Waals surface area contributed by atoms with E-state index in [1.54, 1.807) is 6.07 Å². The molecule has 0 saturated carbocycles. The Morgan fingerprint density at radius 1 is 1.38 bits per heavy atom. The van der Waals surface area contributed by atoms with Crippen LogP contribution in [0.15, 0.2) is 23.2 Å². The minimum atomic E-state index is -3.66. The molecule has 1 heterocycles. The number of carbonyl (C=O) groups excluding carboxylic acids is 1. The molecule has 0 atom stereocenters. The molecule has 0 aliphatic heterocycles. The van der Waals surface area contributed by atoms with E-state index in [9.17, 15) is 13.2 Å². The van der Waals surface area contributed by atoms with Crippen LogP contribution in [0.25, 0.3) is 0 Å². The van der Waals surface area contributed by atoms with Gasteiger partial charge in [0.15, 0.2) is 0 Å². The van der Waals surface area contributed by atoms with Gasteiger partial charge in [-0.3, -0.25) is 9.78 Å². The average molecular weight is 316 g/mol. The lowest BCUT2D eigenvalue weighted by molar-refractivity contribution is -0.121. The molecule has 1 amide bonds. The van der Waals surface area contributed by atoms with E-state index in [4.69, 9.17) is 10.5 Å². The van der Waals surface area contributed by atoms with Crippen molar-refractivity contribution in [3.8, 4) is 0 Å². The summed E-state index contributed by atoms with van der Waals surface area (Å²) in [7, 11) is -2.13. The van der Waals surface area contributed by atoms with Crippen molar-refractivity contribution < 1.29 is 17.9 Å². The van der Waals surface area contributed by atoms with Crippen LogP contribution in [0.3, 0.4) is 0 Å². The molecule has 0 fully saturated rings.